The van der Waals surface area contributed by atoms with Crippen LogP contribution in [0.25, 0.3) is 5.70 Å². The highest BCUT2D eigenvalue weighted by Gasteiger charge is 2.21. The van der Waals surface area contributed by atoms with Crippen LogP contribution < -0.4 is 5.32 Å². The van der Waals surface area contributed by atoms with Crippen molar-refractivity contribution >= 4 is 17.0 Å². The molecule has 0 aliphatic heterocycles. The Morgan fingerprint density at radius 3 is 2.57 bits per heavy atom. The first-order valence-corrected chi connectivity index (χ1v) is 10.2. The van der Waals surface area contributed by atoms with E-state index in [2.05, 4.69) is 56.4 Å². The molecule has 1 aliphatic rings. The van der Waals surface area contributed by atoms with Crippen LogP contribution in [-0.4, -0.2) is 6.04 Å². The maximum Gasteiger partial charge on any atom is 0.0429 e. The minimum absolute atomic E-state index is 0.486. The van der Waals surface area contributed by atoms with Crippen molar-refractivity contribution in [1.29, 1.82) is 0 Å². The lowest BCUT2D eigenvalue weighted by Gasteiger charge is -2.24. The Kier molecular flexibility index (Phi) is 6.95. The van der Waals surface area contributed by atoms with Gasteiger partial charge in [0.1, 0.15) is 0 Å². The van der Waals surface area contributed by atoms with Crippen LogP contribution in [0.2, 0.25) is 0 Å². The molecule has 0 spiro atoms. The quantitative estimate of drug-likeness (QED) is 0.546. The topological polar surface area (TPSA) is 12.0 Å². The highest BCUT2D eigenvalue weighted by molar-refractivity contribution is 7.08. The molecule has 0 saturated heterocycles. The van der Waals surface area contributed by atoms with Gasteiger partial charge in [0.15, 0.2) is 0 Å². The summed E-state index contributed by atoms with van der Waals surface area (Å²) in [5.41, 5.74) is 5.47. The molecular formula is C21H33NS. The van der Waals surface area contributed by atoms with E-state index in [1.165, 1.54) is 48.9 Å². The van der Waals surface area contributed by atoms with Crippen molar-refractivity contribution in [2.75, 3.05) is 0 Å². The van der Waals surface area contributed by atoms with Crippen LogP contribution in [-0.2, 0) is 0 Å². The van der Waals surface area contributed by atoms with Gasteiger partial charge in [-0.25, -0.2) is 0 Å². The zero-order chi connectivity index (χ0) is 16.8. The van der Waals surface area contributed by atoms with Crippen molar-refractivity contribution < 1.29 is 0 Å². The van der Waals surface area contributed by atoms with Crippen molar-refractivity contribution in [3.8, 4) is 0 Å². The van der Waals surface area contributed by atoms with Gasteiger partial charge in [-0.2, -0.15) is 11.3 Å². The Balaban J connectivity index is 2.31. The second-order valence-corrected chi connectivity index (χ2v) is 8.06. The fraction of sp³-hybridized carbons (Fsp3) is 0.619. The van der Waals surface area contributed by atoms with Crippen LogP contribution in [0, 0.1) is 5.92 Å². The Morgan fingerprint density at radius 2 is 1.96 bits per heavy atom. The molecule has 1 aromatic rings. The monoisotopic (exact) mass is 331 g/mol. The molecule has 0 bridgehead atoms. The number of allylic oxidation sites excluding steroid dienone is 2. The molecule has 1 aliphatic carbocycles. The SMILES string of the molecule is C=C(/C=C(\NC(C)CC)c1cscc1C1CCCCC1)C(C)C. The Labute approximate surface area is 146 Å². The Bertz CT molecular complexity index is 532. The molecule has 1 fully saturated rings. The van der Waals surface area contributed by atoms with Gasteiger partial charge >= 0.3 is 0 Å². The van der Waals surface area contributed by atoms with Crippen LogP contribution in [0.3, 0.4) is 0 Å². The van der Waals surface area contributed by atoms with Gasteiger partial charge in [-0.15, -0.1) is 0 Å². The molecule has 0 radical (unpaired) electrons. The maximum atomic E-state index is 4.27. The number of thiophene rings is 1. The zero-order valence-electron chi connectivity index (χ0n) is 15.3. The average molecular weight is 332 g/mol. The van der Waals surface area contributed by atoms with Gasteiger partial charge in [0.2, 0.25) is 0 Å². The third-order valence-corrected chi connectivity index (χ3v) is 5.87. The summed E-state index contributed by atoms with van der Waals surface area (Å²) in [5.74, 6) is 1.24. The molecule has 1 unspecified atom stereocenters. The van der Waals surface area contributed by atoms with Gasteiger partial charge in [0, 0.05) is 22.7 Å². The lowest BCUT2D eigenvalue weighted by Crippen LogP contribution is -2.24. The largest absolute Gasteiger partial charge is 0.382 e. The molecule has 0 aromatic carbocycles. The van der Waals surface area contributed by atoms with Crippen LogP contribution in [0.1, 0.15) is 83.3 Å². The lowest BCUT2D eigenvalue weighted by atomic mass is 9.83. The van der Waals surface area contributed by atoms with E-state index in [9.17, 15) is 0 Å². The van der Waals surface area contributed by atoms with E-state index in [1.807, 2.05) is 11.3 Å². The molecule has 1 aromatic heterocycles. The molecule has 1 N–H and O–H groups in total. The van der Waals surface area contributed by atoms with E-state index >= 15 is 0 Å². The van der Waals surface area contributed by atoms with E-state index in [0.717, 1.165) is 12.3 Å². The number of rotatable bonds is 7. The van der Waals surface area contributed by atoms with E-state index in [-0.39, 0.29) is 0 Å². The summed E-state index contributed by atoms with van der Waals surface area (Å²) in [6, 6.07) is 0.486. The molecule has 0 amide bonds. The number of hydrogen-bond donors (Lipinski definition) is 1. The van der Waals surface area contributed by atoms with E-state index in [0.29, 0.717) is 12.0 Å². The van der Waals surface area contributed by atoms with Crippen molar-refractivity contribution in [3.05, 3.63) is 40.1 Å². The third-order valence-electron chi connectivity index (χ3n) is 5.11. The minimum Gasteiger partial charge on any atom is -0.382 e. The molecular weight excluding hydrogens is 298 g/mol. The van der Waals surface area contributed by atoms with Crippen molar-refractivity contribution in [3.63, 3.8) is 0 Å². The molecule has 1 atom stereocenters. The van der Waals surface area contributed by atoms with Crippen molar-refractivity contribution in [1.82, 2.24) is 5.32 Å². The fourth-order valence-electron chi connectivity index (χ4n) is 3.17. The highest BCUT2D eigenvalue weighted by atomic mass is 32.1. The van der Waals surface area contributed by atoms with Crippen LogP contribution in [0.15, 0.2) is 29.0 Å². The number of hydrogen-bond acceptors (Lipinski definition) is 2. The van der Waals surface area contributed by atoms with Gasteiger partial charge < -0.3 is 5.32 Å². The second kappa shape index (κ2) is 8.73. The number of nitrogens with one attached hydrogen (secondary N) is 1. The lowest BCUT2D eigenvalue weighted by molar-refractivity contribution is 0.443. The van der Waals surface area contributed by atoms with Crippen LogP contribution in [0.4, 0.5) is 0 Å². The fourth-order valence-corrected chi connectivity index (χ4v) is 4.11. The molecule has 2 rings (SSSR count). The first kappa shape index (κ1) is 18.3. The Hall–Kier alpha value is -1.02. The van der Waals surface area contributed by atoms with Crippen LogP contribution in [0.5, 0.6) is 0 Å². The van der Waals surface area contributed by atoms with E-state index in [1.54, 1.807) is 5.56 Å². The summed E-state index contributed by atoms with van der Waals surface area (Å²) in [6.07, 6.45) is 10.3. The third kappa shape index (κ3) is 4.97. The van der Waals surface area contributed by atoms with Gasteiger partial charge in [-0.1, -0.05) is 52.2 Å². The summed E-state index contributed by atoms with van der Waals surface area (Å²) in [4.78, 5) is 0. The smallest absolute Gasteiger partial charge is 0.0429 e. The predicted octanol–water partition coefficient (Wildman–Crippen LogP) is 6.74. The second-order valence-electron chi connectivity index (χ2n) is 7.32. The zero-order valence-corrected chi connectivity index (χ0v) is 16.1. The Morgan fingerprint density at radius 1 is 1.26 bits per heavy atom. The summed E-state index contributed by atoms with van der Waals surface area (Å²) >= 11 is 1.85. The van der Waals surface area contributed by atoms with E-state index < -0.39 is 0 Å². The van der Waals surface area contributed by atoms with Crippen molar-refractivity contribution in [2.24, 2.45) is 5.92 Å². The molecule has 23 heavy (non-hydrogen) atoms. The average Bonchev–Trinajstić information content (AvgIpc) is 3.04. The summed E-state index contributed by atoms with van der Waals surface area (Å²) < 4.78 is 0. The maximum absolute atomic E-state index is 4.27. The molecule has 1 heterocycles. The van der Waals surface area contributed by atoms with Gasteiger partial charge in [-0.3, -0.25) is 0 Å². The predicted molar refractivity (Wildman–Crippen MR) is 105 cm³/mol. The molecule has 1 nitrogen and oxygen atoms in total. The molecule has 128 valence electrons. The van der Waals surface area contributed by atoms with Gasteiger partial charge in [-0.05, 0) is 55.0 Å². The van der Waals surface area contributed by atoms with Crippen molar-refractivity contribution in [2.45, 2.75) is 78.2 Å². The van der Waals surface area contributed by atoms with Crippen LogP contribution >= 0.6 is 11.3 Å². The summed E-state index contributed by atoms with van der Waals surface area (Å²) in [6.45, 7) is 13.2. The first-order chi connectivity index (χ1) is 11.0. The van der Waals surface area contributed by atoms with E-state index in [4.69, 9.17) is 0 Å². The minimum atomic E-state index is 0.486. The normalized spacial score (nSPS) is 18.2. The van der Waals surface area contributed by atoms with Gasteiger partial charge in [0.05, 0.1) is 0 Å². The first-order valence-electron chi connectivity index (χ1n) is 9.26. The summed E-state index contributed by atoms with van der Waals surface area (Å²) in [5, 5.41) is 8.46. The van der Waals surface area contributed by atoms with Gasteiger partial charge in [0.25, 0.3) is 0 Å². The molecule has 1 saturated carbocycles. The highest BCUT2D eigenvalue weighted by Crippen LogP contribution is 2.38. The summed E-state index contributed by atoms with van der Waals surface area (Å²) in [7, 11) is 0. The molecule has 2 heteroatoms. The standard InChI is InChI=1S/C21H33NS/c1-6-17(5)22-21(12-16(4)15(2)3)20-14-23-13-19(20)18-10-8-7-9-11-18/h12-15,17-18,22H,4,6-11H2,1-3,5H3/b21-12-.